The van der Waals surface area contributed by atoms with Crippen molar-refractivity contribution in [3.63, 3.8) is 0 Å². The average Bonchev–Trinajstić information content (AvgIpc) is 2.92. The topological polar surface area (TPSA) is 31.2 Å². The maximum atomic E-state index is 11.8. The monoisotopic (exact) mass is 279 g/mol. The zero-order valence-electron chi connectivity index (χ0n) is 12.2. The van der Waals surface area contributed by atoms with Gasteiger partial charge in [-0.3, -0.25) is 0 Å². The van der Waals surface area contributed by atoms with Crippen molar-refractivity contribution >= 4 is 16.9 Å². The minimum absolute atomic E-state index is 0.290. The summed E-state index contributed by atoms with van der Waals surface area (Å²) >= 11 is 0. The number of benzene rings is 2. The first kappa shape index (κ1) is 13.4. The normalized spacial score (nSPS) is 10.8. The van der Waals surface area contributed by atoms with Crippen LogP contribution in [0.5, 0.6) is 0 Å². The van der Waals surface area contributed by atoms with Gasteiger partial charge in [0.25, 0.3) is 0 Å². The Morgan fingerprint density at radius 1 is 1.10 bits per heavy atom. The molecule has 3 aromatic rings. The molecule has 3 nitrogen and oxygen atoms in total. The summed E-state index contributed by atoms with van der Waals surface area (Å²) in [5, 5.41) is 1.14. The summed E-state index contributed by atoms with van der Waals surface area (Å²) in [4.78, 5) is 11.8. The molecular formula is C18H17NO2. The van der Waals surface area contributed by atoms with Crippen molar-refractivity contribution in [3.8, 4) is 0 Å². The quantitative estimate of drug-likeness (QED) is 0.683. The summed E-state index contributed by atoms with van der Waals surface area (Å²) in [7, 11) is 1.41. The van der Waals surface area contributed by atoms with E-state index >= 15 is 0 Å². The van der Waals surface area contributed by atoms with Gasteiger partial charge in [-0.05, 0) is 35.6 Å². The summed E-state index contributed by atoms with van der Waals surface area (Å²) in [5.74, 6) is -0.290. The first-order chi connectivity index (χ1) is 10.2. The van der Waals surface area contributed by atoms with Gasteiger partial charge in [0.05, 0.1) is 18.2 Å². The Labute approximate surface area is 123 Å². The zero-order chi connectivity index (χ0) is 14.8. The largest absolute Gasteiger partial charge is 0.465 e. The van der Waals surface area contributed by atoms with Gasteiger partial charge < -0.3 is 9.30 Å². The van der Waals surface area contributed by atoms with E-state index < -0.39 is 0 Å². The molecule has 0 saturated carbocycles. The van der Waals surface area contributed by atoms with Crippen LogP contribution < -0.4 is 0 Å². The Hall–Kier alpha value is -2.55. The number of esters is 1. The highest BCUT2D eigenvalue weighted by Crippen LogP contribution is 2.24. The molecule has 0 unspecified atom stereocenters. The number of carbonyl (C=O) groups excluding carboxylic acids is 1. The van der Waals surface area contributed by atoms with E-state index in [1.54, 1.807) is 0 Å². The maximum Gasteiger partial charge on any atom is 0.338 e. The van der Waals surface area contributed by atoms with Gasteiger partial charge in [0.1, 0.15) is 0 Å². The molecule has 106 valence electrons. The summed E-state index contributed by atoms with van der Waals surface area (Å²) in [6.45, 7) is 2.76. The van der Waals surface area contributed by atoms with E-state index in [4.69, 9.17) is 4.74 Å². The van der Waals surface area contributed by atoms with E-state index in [0.29, 0.717) is 5.56 Å². The van der Waals surface area contributed by atoms with E-state index in [9.17, 15) is 4.79 Å². The number of hydrogen-bond donors (Lipinski definition) is 0. The molecule has 2 aromatic carbocycles. The van der Waals surface area contributed by atoms with Crippen molar-refractivity contribution in [2.24, 2.45) is 0 Å². The summed E-state index contributed by atoms with van der Waals surface area (Å²) in [5.41, 5.74) is 3.90. The second kappa shape index (κ2) is 5.44. The second-order valence-electron chi connectivity index (χ2n) is 5.10. The molecule has 0 N–H and O–H groups in total. The smallest absolute Gasteiger partial charge is 0.338 e. The van der Waals surface area contributed by atoms with Gasteiger partial charge in [-0.1, -0.05) is 36.4 Å². The van der Waals surface area contributed by atoms with Gasteiger partial charge in [0.15, 0.2) is 0 Å². The Bertz CT molecular complexity index is 788. The predicted octanol–water partition coefficient (Wildman–Crippen LogP) is 3.78. The molecule has 21 heavy (non-hydrogen) atoms. The van der Waals surface area contributed by atoms with Gasteiger partial charge in [-0.15, -0.1) is 0 Å². The number of ether oxygens (including phenoxy) is 1. The minimum Gasteiger partial charge on any atom is -0.465 e. The molecule has 0 radical (unpaired) electrons. The van der Waals surface area contributed by atoms with Gasteiger partial charge in [-0.2, -0.15) is 0 Å². The number of methoxy groups -OCH3 is 1. The lowest BCUT2D eigenvalue weighted by atomic mass is 10.1. The van der Waals surface area contributed by atoms with E-state index in [1.807, 2.05) is 37.3 Å². The highest BCUT2D eigenvalue weighted by Gasteiger charge is 2.14. The average molecular weight is 279 g/mol. The molecule has 0 spiro atoms. The van der Waals surface area contributed by atoms with E-state index in [1.165, 1.54) is 12.7 Å². The number of fused-ring (bicyclic) bond motifs is 1. The lowest BCUT2D eigenvalue weighted by molar-refractivity contribution is 0.0600. The Morgan fingerprint density at radius 3 is 2.57 bits per heavy atom. The lowest BCUT2D eigenvalue weighted by Crippen LogP contribution is -2.06. The molecule has 0 atom stereocenters. The van der Waals surface area contributed by atoms with Crippen molar-refractivity contribution in [1.82, 2.24) is 4.57 Å². The molecule has 0 aliphatic heterocycles. The molecular weight excluding hydrogens is 262 g/mol. The molecule has 0 aliphatic rings. The third kappa shape index (κ3) is 2.42. The van der Waals surface area contributed by atoms with E-state index in [2.05, 4.69) is 29.0 Å². The van der Waals surface area contributed by atoms with Gasteiger partial charge in [0.2, 0.25) is 0 Å². The third-order valence-electron chi connectivity index (χ3n) is 3.78. The molecule has 3 heteroatoms. The predicted molar refractivity (Wildman–Crippen MR) is 83.6 cm³/mol. The van der Waals surface area contributed by atoms with Crippen LogP contribution in [0.3, 0.4) is 0 Å². The van der Waals surface area contributed by atoms with Gasteiger partial charge in [0, 0.05) is 12.7 Å². The first-order valence-electron chi connectivity index (χ1n) is 6.91. The van der Waals surface area contributed by atoms with Crippen LogP contribution in [0.15, 0.2) is 54.7 Å². The number of hydrogen-bond acceptors (Lipinski definition) is 2. The zero-order valence-corrected chi connectivity index (χ0v) is 12.2. The fourth-order valence-electron chi connectivity index (χ4n) is 2.72. The fraction of sp³-hybridized carbons (Fsp3) is 0.167. The van der Waals surface area contributed by atoms with Crippen LogP contribution in [0, 0.1) is 6.92 Å². The van der Waals surface area contributed by atoms with Crippen molar-refractivity contribution in [3.05, 3.63) is 71.4 Å². The molecule has 0 saturated heterocycles. The molecule has 3 rings (SSSR count). The van der Waals surface area contributed by atoms with Crippen molar-refractivity contribution in [2.45, 2.75) is 13.5 Å². The Balaban J connectivity index is 2.10. The molecule has 1 heterocycles. The number of rotatable bonds is 3. The second-order valence-corrected chi connectivity index (χ2v) is 5.10. The van der Waals surface area contributed by atoms with Crippen LogP contribution in [0.4, 0.5) is 0 Å². The van der Waals surface area contributed by atoms with Crippen LogP contribution in [0.1, 0.15) is 21.5 Å². The van der Waals surface area contributed by atoms with Crippen molar-refractivity contribution in [2.75, 3.05) is 7.11 Å². The van der Waals surface area contributed by atoms with Crippen LogP contribution in [-0.2, 0) is 11.3 Å². The number of aromatic nitrogens is 1. The maximum absolute atomic E-state index is 11.8. The Morgan fingerprint density at radius 2 is 1.86 bits per heavy atom. The molecule has 0 aliphatic carbocycles. The first-order valence-corrected chi connectivity index (χ1v) is 6.91. The highest BCUT2D eigenvalue weighted by molar-refractivity contribution is 5.97. The SMILES string of the molecule is COC(=O)c1ccc2ccn(Cc3ccccc3)c2c1C. The number of aryl methyl sites for hydroxylation is 1. The van der Waals surface area contributed by atoms with Gasteiger partial charge in [-0.25, -0.2) is 4.79 Å². The van der Waals surface area contributed by atoms with Gasteiger partial charge >= 0.3 is 5.97 Å². The van der Waals surface area contributed by atoms with E-state index in [-0.39, 0.29) is 5.97 Å². The molecule has 0 amide bonds. The van der Waals surface area contributed by atoms with Crippen LogP contribution in [0.2, 0.25) is 0 Å². The molecule has 0 bridgehead atoms. The van der Waals surface area contributed by atoms with Crippen molar-refractivity contribution < 1.29 is 9.53 Å². The summed E-state index contributed by atoms with van der Waals surface area (Å²) in [6, 6.07) is 16.2. The molecule has 1 aromatic heterocycles. The minimum atomic E-state index is -0.290. The van der Waals surface area contributed by atoms with Crippen LogP contribution in [-0.4, -0.2) is 17.6 Å². The summed E-state index contributed by atoms with van der Waals surface area (Å²) < 4.78 is 7.03. The van der Waals surface area contributed by atoms with Crippen LogP contribution >= 0.6 is 0 Å². The number of carbonyl (C=O) groups is 1. The third-order valence-corrected chi connectivity index (χ3v) is 3.78. The standard InChI is InChI=1S/C18H17NO2/c1-13-16(18(20)21-2)9-8-15-10-11-19(17(13)15)12-14-6-4-3-5-7-14/h3-11H,12H2,1-2H3. The number of nitrogens with zero attached hydrogens (tertiary/aromatic N) is 1. The summed E-state index contributed by atoms with van der Waals surface area (Å²) in [6.07, 6.45) is 2.06. The fourth-order valence-corrected chi connectivity index (χ4v) is 2.72. The van der Waals surface area contributed by atoms with E-state index in [0.717, 1.165) is 23.0 Å². The van der Waals surface area contributed by atoms with Crippen molar-refractivity contribution in [1.29, 1.82) is 0 Å². The lowest BCUT2D eigenvalue weighted by Gasteiger charge is -2.10. The highest BCUT2D eigenvalue weighted by atomic mass is 16.5. The molecule has 0 fully saturated rings. The Kier molecular flexibility index (Phi) is 3.48. The van der Waals surface area contributed by atoms with Crippen LogP contribution in [0.25, 0.3) is 10.9 Å².